The highest BCUT2D eigenvalue weighted by atomic mass is 79.9. The fraction of sp³-hybridized carbons (Fsp3) is 0.462. The average Bonchev–Trinajstić information content (AvgIpc) is 2.14. The van der Waals surface area contributed by atoms with Gasteiger partial charge in [-0.25, -0.2) is 0 Å². The van der Waals surface area contributed by atoms with Gasteiger partial charge in [-0.3, -0.25) is 4.79 Å². The van der Waals surface area contributed by atoms with Crippen molar-refractivity contribution in [2.24, 2.45) is 0 Å². The molecule has 1 rings (SSSR count). The molecule has 1 amide bonds. The first-order valence-electron chi connectivity index (χ1n) is 5.34. The van der Waals surface area contributed by atoms with E-state index in [2.05, 4.69) is 67.1 Å². The van der Waals surface area contributed by atoms with E-state index in [-0.39, 0.29) is 10.2 Å². The van der Waals surface area contributed by atoms with Crippen molar-refractivity contribution in [1.82, 2.24) is 5.32 Å². The Balaban J connectivity index is 2.92. The molecule has 1 aromatic carbocycles. The monoisotopic (exact) mass is 283 g/mol. The minimum Gasteiger partial charge on any atom is -0.346 e. The molecule has 2 nitrogen and oxygen atoms in total. The Kier molecular flexibility index (Phi) is 4.14. The summed E-state index contributed by atoms with van der Waals surface area (Å²) in [5, 5.41) is 2.80. The second kappa shape index (κ2) is 5.00. The van der Waals surface area contributed by atoms with Gasteiger partial charge in [0.1, 0.15) is 0 Å². The van der Waals surface area contributed by atoms with Gasteiger partial charge < -0.3 is 5.32 Å². The lowest BCUT2D eigenvalue weighted by molar-refractivity contribution is 0.259. The van der Waals surface area contributed by atoms with Crippen LogP contribution >= 0.6 is 15.9 Å². The lowest BCUT2D eigenvalue weighted by atomic mass is 9.81. The molecule has 0 heterocycles. The predicted octanol–water partition coefficient (Wildman–Crippen LogP) is 3.69. The molecule has 0 atom stereocenters. The van der Waals surface area contributed by atoms with Crippen LogP contribution in [0.4, 0.5) is 4.79 Å². The Hall–Kier alpha value is -0.830. The second-order valence-corrected chi connectivity index (χ2v) is 5.55. The molecule has 1 aromatic rings. The number of nitrogens with one attached hydrogen (secondary N) is 1. The largest absolute Gasteiger partial charge is 0.346 e. The SMILES string of the molecule is Cc1ccc(C(C)(C)CNC(=O)Br)c(C)c1. The van der Waals surface area contributed by atoms with Gasteiger partial charge in [0.15, 0.2) is 0 Å². The van der Waals surface area contributed by atoms with Gasteiger partial charge >= 0.3 is 0 Å². The number of aryl methyl sites for hydroxylation is 2. The molecule has 16 heavy (non-hydrogen) atoms. The third-order valence-corrected chi connectivity index (χ3v) is 3.06. The maximum Gasteiger partial charge on any atom is 0.287 e. The van der Waals surface area contributed by atoms with Crippen molar-refractivity contribution in [3.05, 3.63) is 34.9 Å². The zero-order valence-electron chi connectivity index (χ0n) is 10.2. The lowest BCUT2D eigenvalue weighted by Gasteiger charge is -2.27. The van der Waals surface area contributed by atoms with E-state index in [0.29, 0.717) is 6.54 Å². The first-order valence-corrected chi connectivity index (χ1v) is 6.13. The van der Waals surface area contributed by atoms with E-state index >= 15 is 0 Å². The summed E-state index contributed by atoms with van der Waals surface area (Å²) in [7, 11) is 0. The van der Waals surface area contributed by atoms with Gasteiger partial charge in [-0.1, -0.05) is 37.6 Å². The fourth-order valence-electron chi connectivity index (χ4n) is 1.96. The first kappa shape index (κ1) is 13.2. The summed E-state index contributed by atoms with van der Waals surface area (Å²) in [6, 6.07) is 6.43. The molecule has 0 aliphatic carbocycles. The van der Waals surface area contributed by atoms with Crippen LogP contribution in [0.25, 0.3) is 0 Å². The molecule has 0 bridgehead atoms. The Bertz CT molecular complexity index is 399. The van der Waals surface area contributed by atoms with Gasteiger partial charge in [0.05, 0.1) is 0 Å². The zero-order valence-corrected chi connectivity index (χ0v) is 11.8. The molecule has 0 spiro atoms. The molecule has 0 aliphatic heterocycles. The van der Waals surface area contributed by atoms with Crippen LogP contribution in [0.15, 0.2) is 18.2 Å². The lowest BCUT2D eigenvalue weighted by Crippen LogP contribution is -2.34. The molecule has 0 saturated carbocycles. The second-order valence-electron chi connectivity index (χ2n) is 4.83. The summed E-state index contributed by atoms with van der Waals surface area (Å²) in [5.74, 6) is 0. The third kappa shape index (κ3) is 3.34. The maximum atomic E-state index is 10.9. The van der Waals surface area contributed by atoms with Crippen LogP contribution in [0, 0.1) is 13.8 Å². The van der Waals surface area contributed by atoms with Crippen LogP contribution < -0.4 is 5.32 Å². The molecule has 0 unspecified atom stereocenters. The summed E-state index contributed by atoms with van der Waals surface area (Å²) in [4.78, 5) is 10.7. The highest BCUT2D eigenvalue weighted by Gasteiger charge is 2.22. The minimum atomic E-state index is -0.162. The van der Waals surface area contributed by atoms with E-state index in [9.17, 15) is 4.79 Å². The molecule has 0 radical (unpaired) electrons. The van der Waals surface area contributed by atoms with Crippen molar-refractivity contribution in [3.63, 3.8) is 0 Å². The summed E-state index contributed by atoms with van der Waals surface area (Å²) >= 11 is 2.88. The molecule has 0 fully saturated rings. The maximum absolute atomic E-state index is 10.9. The Labute approximate surface area is 106 Å². The molecule has 88 valence electrons. The van der Waals surface area contributed by atoms with Gasteiger partial charge in [-0.15, -0.1) is 0 Å². The zero-order chi connectivity index (χ0) is 12.3. The van der Waals surface area contributed by atoms with Crippen LogP contribution in [0.2, 0.25) is 0 Å². The van der Waals surface area contributed by atoms with Crippen molar-refractivity contribution < 1.29 is 4.79 Å². The van der Waals surface area contributed by atoms with E-state index in [1.165, 1.54) is 16.7 Å². The van der Waals surface area contributed by atoms with Crippen LogP contribution in [0.1, 0.15) is 30.5 Å². The van der Waals surface area contributed by atoms with Crippen LogP contribution in [-0.4, -0.2) is 11.4 Å². The van der Waals surface area contributed by atoms with Gasteiger partial charge in [-0.2, -0.15) is 0 Å². The first-order chi connectivity index (χ1) is 7.33. The Morgan fingerprint density at radius 1 is 1.38 bits per heavy atom. The van der Waals surface area contributed by atoms with E-state index in [0.717, 1.165) is 0 Å². The highest BCUT2D eigenvalue weighted by Crippen LogP contribution is 2.26. The van der Waals surface area contributed by atoms with Crippen molar-refractivity contribution >= 4 is 20.7 Å². The predicted molar refractivity (Wildman–Crippen MR) is 71.3 cm³/mol. The average molecular weight is 284 g/mol. The number of hydrogen-bond acceptors (Lipinski definition) is 1. The van der Waals surface area contributed by atoms with Crippen LogP contribution in [0.5, 0.6) is 0 Å². The van der Waals surface area contributed by atoms with Gasteiger partial charge in [0, 0.05) is 27.9 Å². The molecule has 0 saturated heterocycles. The molecule has 3 heteroatoms. The van der Waals surface area contributed by atoms with Crippen LogP contribution in [0.3, 0.4) is 0 Å². The van der Waals surface area contributed by atoms with Crippen molar-refractivity contribution in [2.45, 2.75) is 33.1 Å². The van der Waals surface area contributed by atoms with E-state index in [1.54, 1.807) is 0 Å². The molecule has 1 N–H and O–H groups in total. The van der Waals surface area contributed by atoms with Gasteiger partial charge in [-0.05, 0) is 25.0 Å². The van der Waals surface area contributed by atoms with E-state index in [4.69, 9.17) is 0 Å². The van der Waals surface area contributed by atoms with Crippen molar-refractivity contribution in [3.8, 4) is 0 Å². The van der Waals surface area contributed by atoms with E-state index < -0.39 is 0 Å². The minimum absolute atomic E-state index is 0.0544. The molecular formula is C13H18BrNO. The summed E-state index contributed by atoms with van der Waals surface area (Å²) < 4.78 is 0. The Morgan fingerprint density at radius 3 is 2.50 bits per heavy atom. The number of amides is 1. The fourth-order valence-corrected chi connectivity index (χ4v) is 2.10. The topological polar surface area (TPSA) is 29.1 Å². The summed E-state index contributed by atoms with van der Waals surface area (Å²) in [6.45, 7) is 9.09. The normalized spacial score (nSPS) is 11.3. The van der Waals surface area contributed by atoms with Crippen LogP contribution in [-0.2, 0) is 5.41 Å². The number of carbonyl (C=O) groups excluding carboxylic acids is 1. The third-order valence-electron chi connectivity index (χ3n) is 2.78. The Morgan fingerprint density at radius 2 is 2.00 bits per heavy atom. The highest BCUT2D eigenvalue weighted by molar-refractivity contribution is 9.18. The van der Waals surface area contributed by atoms with Crippen molar-refractivity contribution in [2.75, 3.05) is 6.54 Å². The van der Waals surface area contributed by atoms with Gasteiger partial charge in [0.25, 0.3) is 4.82 Å². The molecule has 0 aliphatic rings. The smallest absolute Gasteiger partial charge is 0.287 e. The number of carbonyl (C=O) groups is 1. The standard InChI is InChI=1S/C13H18BrNO/c1-9-5-6-11(10(2)7-9)13(3,4)8-15-12(14)16/h5-7H,8H2,1-4H3,(H,15,16). The number of hydrogen-bond donors (Lipinski definition) is 1. The number of halogens is 1. The number of benzene rings is 1. The van der Waals surface area contributed by atoms with Gasteiger partial charge in [0.2, 0.25) is 0 Å². The molecular weight excluding hydrogens is 266 g/mol. The quantitative estimate of drug-likeness (QED) is 0.665. The molecule has 0 aromatic heterocycles. The summed E-state index contributed by atoms with van der Waals surface area (Å²) in [6.07, 6.45) is 0. The van der Waals surface area contributed by atoms with Crippen molar-refractivity contribution in [1.29, 1.82) is 0 Å². The van der Waals surface area contributed by atoms with E-state index in [1.807, 2.05) is 0 Å². The summed E-state index contributed by atoms with van der Waals surface area (Å²) in [5.41, 5.74) is 3.76. The number of rotatable bonds is 3.